The average Bonchev–Trinajstić information content (AvgIpc) is 2.93. The minimum Gasteiger partial charge on any atom is -0.339 e. The van der Waals surface area contributed by atoms with Crippen molar-refractivity contribution in [2.24, 2.45) is 4.36 Å². The van der Waals surface area contributed by atoms with Gasteiger partial charge in [-0.25, -0.2) is 13.0 Å². The molecule has 0 amide bonds. The molecule has 1 atom stereocenters. The molecule has 1 heterocycles. The summed E-state index contributed by atoms with van der Waals surface area (Å²) < 4.78 is 49.2. The fourth-order valence-electron chi connectivity index (χ4n) is 2.18. The number of aromatic nitrogens is 2. The topological polar surface area (TPSA) is 68.3 Å². The molecule has 8 heteroatoms. The fourth-order valence-corrected chi connectivity index (χ4v) is 3.65. The first-order chi connectivity index (χ1) is 11.4. The molecule has 3 rings (SSSR count). The van der Waals surface area contributed by atoms with E-state index in [4.69, 9.17) is 4.52 Å². The molecule has 5 nitrogen and oxygen atoms in total. The van der Waals surface area contributed by atoms with Crippen molar-refractivity contribution in [2.75, 3.05) is 6.26 Å². The Balaban J connectivity index is 2.00. The summed E-state index contributed by atoms with van der Waals surface area (Å²) in [6, 6.07) is 9.79. The summed E-state index contributed by atoms with van der Waals surface area (Å²) in [6.07, 6.45) is 1.20. The van der Waals surface area contributed by atoms with E-state index in [1.807, 2.05) is 0 Å². The van der Waals surface area contributed by atoms with Crippen molar-refractivity contribution in [2.45, 2.75) is 11.8 Å². The van der Waals surface area contributed by atoms with E-state index in [1.54, 1.807) is 31.2 Å². The molecule has 0 bridgehead atoms. The van der Waals surface area contributed by atoms with Crippen LogP contribution < -0.4 is 0 Å². The second-order valence-corrected chi connectivity index (χ2v) is 7.32. The van der Waals surface area contributed by atoms with Crippen LogP contribution >= 0.6 is 0 Å². The van der Waals surface area contributed by atoms with E-state index in [2.05, 4.69) is 14.5 Å². The van der Waals surface area contributed by atoms with E-state index in [0.29, 0.717) is 23.0 Å². The van der Waals surface area contributed by atoms with Crippen LogP contribution in [0.4, 0.5) is 14.5 Å². The van der Waals surface area contributed by atoms with Crippen LogP contribution in [-0.2, 0) is 9.73 Å². The molecule has 0 saturated heterocycles. The molecular weight excluding hydrogens is 336 g/mol. The predicted molar refractivity (Wildman–Crippen MR) is 85.2 cm³/mol. The maximum atomic E-state index is 13.8. The number of hydrogen-bond donors (Lipinski definition) is 0. The van der Waals surface area contributed by atoms with Crippen LogP contribution in [0.5, 0.6) is 0 Å². The van der Waals surface area contributed by atoms with Gasteiger partial charge in [0.1, 0.15) is 16.5 Å². The predicted octanol–water partition coefficient (Wildman–Crippen LogP) is 4.11. The second-order valence-electron chi connectivity index (χ2n) is 5.13. The highest BCUT2D eigenvalue weighted by atomic mass is 32.2. The van der Waals surface area contributed by atoms with Crippen molar-refractivity contribution in [3.05, 3.63) is 60.0 Å². The zero-order valence-electron chi connectivity index (χ0n) is 12.9. The lowest BCUT2D eigenvalue weighted by atomic mass is 10.2. The summed E-state index contributed by atoms with van der Waals surface area (Å²) in [5, 5.41) is 3.79. The molecule has 0 aliphatic carbocycles. The molecule has 1 unspecified atom stereocenters. The van der Waals surface area contributed by atoms with Crippen LogP contribution in [0.2, 0.25) is 0 Å². The Morgan fingerprint density at radius 1 is 1.08 bits per heavy atom. The molecule has 0 aliphatic rings. The molecule has 0 spiro atoms. The molecule has 3 aromatic rings. The number of hydrogen-bond acceptors (Lipinski definition) is 5. The molecule has 0 fully saturated rings. The van der Waals surface area contributed by atoms with E-state index in [0.717, 1.165) is 12.1 Å². The lowest BCUT2D eigenvalue weighted by Gasteiger charge is -2.07. The molecule has 124 valence electrons. The summed E-state index contributed by atoms with van der Waals surface area (Å²) >= 11 is 0. The third kappa shape index (κ3) is 3.18. The van der Waals surface area contributed by atoms with Gasteiger partial charge in [-0.3, -0.25) is 0 Å². The van der Waals surface area contributed by atoms with E-state index in [9.17, 15) is 13.0 Å². The lowest BCUT2D eigenvalue weighted by Crippen LogP contribution is -2.04. The molecule has 0 aliphatic heterocycles. The second kappa shape index (κ2) is 6.12. The Labute approximate surface area is 137 Å². The van der Waals surface area contributed by atoms with E-state index in [-0.39, 0.29) is 0 Å². The Morgan fingerprint density at radius 2 is 1.71 bits per heavy atom. The van der Waals surface area contributed by atoms with Crippen molar-refractivity contribution in [1.29, 1.82) is 0 Å². The summed E-state index contributed by atoms with van der Waals surface area (Å²) in [5.41, 5.74) is 1.01. The fraction of sp³-hybridized carbons (Fsp3) is 0.125. The highest BCUT2D eigenvalue weighted by Gasteiger charge is 2.18. The zero-order valence-corrected chi connectivity index (χ0v) is 13.7. The highest BCUT2D eigenvalue weighted by molar-refractivity contribution is 7.93. The van der Waals surface area contributed by atoms with Crippen molar-refractivity contribution >= 4 is 15.4 Å². The summed E-state index contributed by atoms with van der Waals surface area (Å²) in [7, 11) is -3.27. The third-order valence-corrected chi connectivity index (χ3v) is 4.94. The number of halogens is 2. The Morgan fingerprint density at radius 3 is 2.25 bits per heavy atom. The largest absolute Gasteiger partial charge is 0.339 e. The van der Waals surface area contributed by atoms with Gasteiger partial charge in [0.2, 0.25) is 11.7 Å². The maximum Gasteiger partial charge on any atom is 0.223 e. The Bertz CT molecular complexity index is 986. The normalized spacial score (nSPS) is 13.5. The van der Waals surface area contributed by atoms with Gasteiger partial charge in [0.25, 0.3) is 0 Å². The molecule has 0 radical (unpaired) electrons. The molecular formula is C16H13F2N3O2S. The van der Waals surface area contributed by atoms with Gasteiger partial charge in [-0.15, -0.1) is 0 Å². The Hall–Kier alpha value is -2.61. The van der Waals surface area contributed by atoms with Gasteiger partial charge in [-0.1, -0.05) is 11.2 Å². The van der Waals surface area contributed by atoms with Gasteiger partial charge in [-0.2, -0.15) is 9.35 Å². The van der Waals surface area contributed by atoms with Gasteiger partial charge in [-0.05, 0) is 36.4 Å². The highest BCUT2D eigenvalue weighted by Crippen LogP contribution is 2.26. The molecule has 2 aromatic carbocycles. The van der Waals surface area contributed by atoms with Gasteiger partial charge >= 0.3 is 0 Å². The van der Waals surface area contributed by atoms with Crippen molar-refractivity contribution < 1.29 is 17.5 Å². The summed E-state index contributed by atoms with van der Waals surface area (Å²) in [6.45, 7) is 1.68. The van der Waals surface area contributed by atoms with Gasteiger partial charge < -0.3 is 4.52 Å². The Kier molecular flexibility index (Phi) is 4.15. The molecule has 0 saturated carbocycles. The standard InChI is InChI=1S/C16H13F2N3O2S/c1-10-19-16(20-23-10)11-6-8-12(9-7-11)21-24(2,22)15-13(17)4-3-5-14(15)18/h3-9H,1-2H3. The zero-order chi connectivity index (χ0) is 17.3. The lowest BCUT2D eigenvalue weighted by molar-refractivity contribution is 0.394. The molecule has 0 N–H and O–H groups in total. The minimum atomic E-state index is -3.27. The first kappa shape index (κ1) is 16.3. The number of benzene rings is 2. The van der Waals surface area contributed by atoms with Gasteiger partial charge in [0.05, 0.1) is 15.4 Å². The monoisotopic (exact) mass is 349 g/mol. The summed E-state index contributed by atoms with van der Waals surface area (Å²) in [4.78, 5) is 3.57. The van der Waals surface area contributed by atoms with E-state index >= 15 is 0 Å². The average molecular weight is 349 g/mol. The van der Waals surface area contributed by atoms with Crippen LogP contribution in [-0.4, -0.2) is 20.6 Å². The van der Waals surface area contributed by atoms with Crippen molar-refractivity contribution in [3.8, 4) is 11.4 Å². The van der Waals surface area contributed by atoms with Crippen LogP contribution in [0, 0.1) is 18.6 Å². The molecule has 1 aromatic heterocycles. The van der Waals surface area contributed by atoms with E-state index in [1.165, 1.54) is 12.3 Å². The minimum absolute atomic E-state index is 0.328. The van der Waals surface area contributed by atoms with Crippen LogP contribution in [0.25, 0.3) is 11.4 Å². The van der Waals surface area contributed by atoms with Crippen molar-refractivity contribution in [1.82, 2.24) is 10.1 Å². The quantitative estimate of drug-likeness (QED) is 0.713. The molecule has 24 heavy (non-hydrogen) atoms. The number of nitrogens with zero attached hydrogens (tertiary/aromatic N) is 3. The van der Waals surface area contributed by atoms with E-state index < -0.39 is 26.3 Å². The SMILES string of the molecule is Cc1nc(-c2ccc(N=S(C)(=O)c3c(F)cccc3F)cc2)no1. The maximum absolute atomic E-state index is 13.8. The summed E-state index contributed by atoms with van der Waals surface area (Å²) in [5.74, 6) is -0.919. The first-order valence-corrected chi connectivity index (χ1v) is 8.86. The van der Waals surface area contributed by atoms with Gasteiger partial charge in [0.15, 0.2) is 0 Å². The van der Waals surface area contributed by atoms with Gasteiger partial charge in [0, 0.05) is 18.7 Å². The number of rotatable bonds is 3. The smallest absolute Gasteiger partial charge is 0.223 e. The third-order valence-electron chi connectivity index (χ3n) is 3.23. The van der Waals surface area contributed by atoms with Crippen LogP contribution in [0.15, 0.2) is 56.2 Å². The van der Waals surface area contributed by atoms with Crippen LogP contribution in [0.1, 0.15) is 5.89 Å². The van der Waals surface area contributed by atoms with Crippen molar-refractivity contribution in [3.63, 3.8) is 0 Å². The van der Waals surface area contributed by atoms with Crippen LogP contribution in [0.3, 0.4) is 0 Å². The first-order valence-electron chi connectivity index (χ1n) is 6.94. The number of aryl methyl sites for hydroxylation is 1.